The van der Waals surface area contributed by atoms with E-state index < -0.39 is 23.0 Å². The van der Waals surface area contributed by atoms with Crippen LogP contribution in [0.2, 0.25) is 0 Å². The Hall–Kier alpha value is -3.58. The van der Waals surface area contributed by atoms with Crippen LogP contribution in [0, 0.1) is 28.4 Å². The normalized spacial score (nSPS) is 10.8. The van der Waals surface area contributed by atoms with Gasteiger partial charge >= 0.3 is 0 Å². The number of nitrogens with zero attached hydrogens (tertiary/aromatic N) is 5. The first-order valence-electron chi connectivity index (χ1n) is 7.04. The zero-order chi connectivity index (χ0) is 18.6. The first-order chi connectivity index (χ1) is 11.9. The summed E-state index contributed by atoms with van der Waals surface area (Å²) in [4.78, 5) is 22.6. The van der Waals surface area contributed by atoms with Crippen LogP contribution < -0.4 is 5.56 Å². The number of hydrogen-bond donors (Lipinski definition) is 2. The molecular weight excluding hydrogens is 330 g/mol. The lowest BCUT2D eigenvalue weighted by molar-refractivity contribution is -0.384. The molecule has 0 fully saturated rings. The van der Waals surface area contributed by atoms with Crippen LogP contribution in [0.4, 0.5) is 17.1 Å². The van der Waals surface area contributed by atoms with Crippen molar-refractivity contribution in [1.82, 2.24) is 4.57 Å². The Kier molecular flexibility index (Phi) is 5.21. The van der Waals surface area contributed by atoms with Crippen LogP contribution in [0.25, 0.3) is 0 Å². The van der Waals surface area contributed by atoms with Gasteiger partial charge in [0.05, 0.1) is 23.8 Å². The molecule has 0 radical (unpaired) electrons. The highest BCUT2D eigenvalue weighted by Crippen LogP contribution is 2.27. The van der Waals surface area contributed by atoms with Crippen LogP contribution in [0.1, 0.15) is 11.1 Å². The van der Waals surface area contributed by atoms with E-state index in [9.17, 15) is 20.0 Å². The summed E-state index contributed by atoms with van der Waals surface area (Å²) in [6.07, 6.45) is 0. The maximum atomic E-state index is 12.4. The second-order valence-electron chi connectivity index (χ2n) is 4.94. The minimum absolute atomic E-state index is 0.119. The number of aliphatic hydroxyl groups is 1. The number of aromatic hydroxyl groups is 1. The molecule has 0 bridgehead atoms. The molecule has 1 aromatic carbocycles. The van der Waals surface area contributed by atoms with Crippen LogP contribution in [-0.4, -0.2) is 26.3 Å². The lowest BCUT2D eigenvalue weighted by atomic mass is 10.1. The van der Waals surface area contributed by atoms with E-state index in [-0.39, 0.29) is 34.7 Å². The van der Waals surface area contributed by atoms with Gasteiger partial charge in [0, 0.05) is 17.7 Å². The van der Waals surface area contributed by atoms with Gasteiger partial charge in [0.25, 0.3) is 11.2 Å². The molecule has 2 N–H and O–H groups in total. The third-order valence-electron chi connectivity index (χ3n) is 3.40. The maximum Gasteiger partial charge on any atom is 0.281 e. The van der Waals surface area contributed by atoms with E-state index in [2.05, 4.69) is 10.2 Å². The van der Waals surface area contributed by atoms with Crippen molar-refractivity contribution in [1.29, 1.82) is 5.26 Å². The van der Waals surface area contributed by atoms with E-state index in [0.717, 1.165) is 4.57 Å². The minimum atomic E-state index is -0.739. The largest absolute Gasteiger partial charge is 0.493 e. The van der Waals surface area contributed by atoms with Gasteiger partial charge in [-0.3, -0.25) is 19.5 Å². The Balaban J connectivity index is 2.58. The Bertz CT molecular complexity index is 958. The molecule has 1 heterocycles. The van der Waals surface area contributed by atoms with Crippen molar-refractivity contribution in [2.24, 2.45) is 10.2 Å². The summed E-state index contributed by atoms with van der Waals surface area (Å²) in [5, 5.41) is 46.5. The zero-order valence-electron chi connectivity index (χ0n) is 13.1. The summed E-state index contributed by atoms with van der Waals surface area (Å²) in [5.74, 6) is -0.562. The Labute approximate surface area is 141 Å². The van der Waals surface area contributed by atoms with Gasteiger partial charge in [-0.25, -0.2) is 0 Å². The highest BCUT2D eigenvalue weighted by Gasteiger charge is 2.18. The molecule has 0 saturated carbocycles. The van der Waals surface area contributed by atoms with Gasteiger partial charge in [0.15, 0.2) is 5.69 Å². The highest BCUT2D eigenvalue weighted by molar-refractivity contribution is 5.57. The van der Waals surface area contributed by atoms with Crippen LogP contribution in [0.5, 0.6) is 5.88 Å². The fourth-order valence-electron chi connectivity index (χ4n) is 2.14. The van der Waals surface area contributed by atoms with Crippen LogP contribution in [0.15, 0.2) is 39.3 Å². The average molecular weight is 343 g/mol. The number of pyridine rings is 1. The van der Waals surface area contributed by atoms with Gasteiger partial charge in [-0.2, -0.15) is 10.4 Å². The number of aliphatic hydroxyl groups excluding tert-OH is 1. The fourth-order valence-corrected chi connectivity index (χ4v) is 2.14. The van der Waals surface area contributed by atoms with Crippen molar-refractivity contribution < 1.29 is 15.1 Å². The molecule has 0 spiro atoms. The van der Waals surface area contributed by atoms with Gasteiger partial charge in [0.1, 0.15) is 11.6 Å². The molecule has 0 atom stereocenters. The molecule has 128 valence electrons. The standard InChI is InChI=1S/C15H13N5O5/c1-9-12(8-16)14(22)19(5-6-21)15(23)13(9)18-17-10-3-2-4-11(7-10)20(24)25/h2-4,7,21-22H,5-6H2,1H3. The first-order valence-corrected chi connectivity index (χ1v) is 7.04. The molecule has 0 saturated heterocycles. The zero-order valence-corrected chi connectivity index (χ0v) is 13.1. The van der Waals surface area contributed by atoms with Crippen molar-refractivity contribution >= 4 is 17.1 Å². The van der Waals surface area contributed by atoms with E-state index in [1.165, 1.54) is 31.2 Å². The van der Waals surface area contributed by atoms with Crippen molar-refractivity contribution in [3.8, 4) is 11.9 Å². The number of rotatable bonds is 5. The lowest BCUT2D eigenvalue weighted by Crippen LogP contribution is -2.23. The predicted octanol–water partition coefficient (Wildman–Crippen LogP) is 2.05. The quantitative estimate of drug-likeness (QED) is 0.481. The number of nitro groups is 1. The van der Waals surface area contributed by atoms with Crippen molar-refractivity contribution in [2.75, 3.05) is 6.61 Å². The molecule has 2 aromatic rings. The topological polar surface area (TPSA) is 154 Å². The molecule has 10 nitrogen and oxygen atoms in total. The molecular formula is C15H13N5O5. The molecule has 2 rings (SSSR count). The number of non-ortho nitro benzene ring substituents is 1. The molecule has 0 unspecified atom stereocenters. The molecule has 25 heavy (non-hydrogen) atoms. The number of nitriles is 1. The van der Waals surface area contributed by atoms with Crippen LogP contribution in [0.3, 0.4) is 0 Å². The van der Waals surface area contributed by atoms with Crippen molar-refractivity contribution in [2.45, 2.75) is 13.5 Å². The van der Waals surface area contributed by atoms with Crippen molar-refractivity contribution in [3.05, 3.63) is 55.9 Å². The maximum absolute atomic E-state index is 12.4. The SMILES string of the molecule is Cc1c(C#N)c(O)n(CCO)c(=O)c1N=Nc1cccc([N+](=O)[O-])c1. The Morgan fingerprint density at radius 1 is 1.40 bits per heavy atom. The lowest BCUT2D eigenvalue weighted by Gasteiger charge is -2.11. The number of hydrogen-bond acceptors (Lipinski definition) is 8. The predicted molar refractivity (Wildman–Crippen MR) is 86.2 cm³/mol. The summed E-state index contributed by atoms with van der Waals surface area (Å²) >= 11 is 0. The van der Waals surface area contributed by atoms with E-state index in [1.54, 1.807) is 6.07 Å². The van der Waals surface area contributed by atoms with E-state index >= 15 is 0 Å². The average Bonchev–Trinajstić information content (AvgIpc) is 2.59. The highest BCUT2D eigenvalue weighted by atomic mass is 16.6. The number of aromatic nitrogens is 1. The first kappa shape index (κ1) is 17.8. The van der Waals surface area contributed by atoms with Gasteiger partial charge in [-0.05, 0) is 13.0 Å². The number of azo groups is 1. The number of benzene rings is 1. The van der Waals surface area contributed by atoms with Crippen molar-refractivity contribution in [3.63, 3.8) is 0 Å². The van der Waals surface area contributed by atoms with Gasteiger partial charge < -0.3 is 10.2 Å². The molecule has 0 aliphatic rings. The monoisotopic (exact) mass is 343 g/mol. The Morgan fingerprint density at radius 3 is 2.72 bits per heavy atom. The van der Waals surface area contributed by atoms with E-state index in [4.69, 9.17) is 10.4 Å². The summed E-state index contributed by atoms with van der Waals surface area (Å²) in [7, 11) is 0. The van der Waals surface area contributed by atoms with Gasteiger partial charge in [0.2, 0.25) is 5.88 Å². The summed E-state index contributed by atoms with van der Waals surface area (Å²) < 4.78 is 0.813. The third-order valence-corrected chi connectivity index (χ3v) is 3.40. The second kappa shape index (κ2) is 7.33. The summed E-state index contributed by atoms with van der Waals surface area (Å²) in [6, 6.07) is 7.11. The number of nitro benzene ring substituents is 1. The minimum Gasteiger partial charge on any atom is -0.493 e. The Morgan fingerprint density at radius 2 is 2.12 bits per heavy atom. The second-order valence-corrected chi connectivity index (χ2v) is 4.94. The summed E-state index contributed by atoms with van der Waals surface area (Å²) in [5.41, 5.74) is -1.02. The molecule has 0 aliphatic carbocycles. The van der Waals surface area contributed by atoms with Gasteiger partial charge in [-0.15, -0.1) is 5.11 Å². The molecule has 0 aliphatic heterocycles. The third kappa shape index (κ3) is 3.51. The fraction of sp³-hybridized carbons (Fsp3) is 0.200. The summed E-state index contributed by atoms with van der Waals surface area (Å²) in [6.45, 7) is 0.770. The van der Waals surface area contributed by atoms with E-state index in [0.29, 0.717) is 0 Å². The van der Waals surface area contributed by atoms with Gasteiger partial charge in [-0.1, -0.05) is 6.07 Å². The van der Waals surface area contributed by atoms with E-state index in [1.807, 2.05) is 0 Å². The molecule has 0 amide bonds. The molecule has 1 aromatic heterocycles. The smallest absolute Gasteiger partial charge is 0.281 e. The van der Waals surface area contributed by atoms with Crippen LogP contribution in [-0.2, 0) is 6.54 Å². The van der Waals surface area contributed by atoms with Crippen LogP contribution >= 0.6 is 0 Å². The molecule has 10 heteroatoms.